The maximum atomic E-state index is 11.1. The van der Waals surface area contributed by atoms with Crippen molar-refractivity contribution in [3.8, 4) is 0 Å². The third-order valence-corrected chi connectivity index (χ3v) is 5.46. The van der Waals surface area contributed by atoms with Crippen molar-refractivity contribution in [1.29, 1.82) is 0 Å². The highest BCUT2D eigenvalue weighted by atomic mass is 31.2. The highest BCUT2D eigenvalue weighted by Gasteiger charge is 2.52. The first-order valence-electron chi connectivity index (χ1n) is 8.97. The van der Waals surface area contributed by atoms with Gasteiger partial charge in [-0.15, -0.1) is 0 Å². The number of rotatable bonds is 8. The molecule has 0 amide bonds. The minimum absolute atomic E-state index is 0.518. The molecule has 15 nitrogen and oxygen atoms in total. The summed E-state index contributed by atoms with van der Waals surface area (Å²) in [6.45, 7) is -2.06. The molecule has 2 rings (SSSR count). The van der Waals surface area contributed by atoms with E-state index in [1.54, 1.807) is 0 Å². The van der Waals surface area contributed by atoms with Crippen molar-refractivity contribution in [1.82, 2.24) is 0 Å². The molecule has 178 valence electrons. The smallest absolute Gasteiger partial charge is 0.394 e. The quantitative estimate of drug-likeness (QED) is 0.150. The van der Waals surface area contributed by atoms with E-state index >= 15 is 0 Å². The topological polar surface area (TPSA) is 262 Å². The Balaban J connectivity index is 2.17. The summed E-state index contributed by atoms with van der Waals surface area (Å²) in [5.74, 6) is 0. The minimum atomic E-state index is -5.03. The van der Waals surface area contributed by atoms with Gasteiger partial charge in [0.05, 0.1) is 13.2 Å². The SMILES string of the molecule is NCC(OP(=O)(O)O)C1O[C@H](CO)[C@@H](O[C@@H]2O[C@H](CO)[C@H](O)[C@H](O)[C@H]2O)[C@H](O)[C@H]1O. The second-order valence-corrected chi connectivity index (χ2v) is 8.16. The van der Waals surface area contributed by atoms with Crippen LogP contribution in [-0.4, -0.2) is 133 Å². The normalized spacial score (nSPS) is 44.1. The summed E-state index contributed by atoms with van der Waals surface area (Å²) in [4.78, 5) is 17.9. The zero-order valence-corrected chi connectivity index (χ0v) is 16.5. The fourth-order valence-electron chi connectivity index (χ4n) is 3.34. The van der Waals surface area contributed by atoms with E-state index < -0.39 is 94.9 Å². The van der Waals surface area contributed by atoms with Gasteiger partial charge in [0.1, 0.15) is 61.0 Å². The Morgan fingerprint density at radius 2 is 1.47 bits per heavy atom. The van der Waals surface area contributed by atoms with Crippen molar-refractivity contribution < 1.29 is 68.8 Å². The maximum Gasteiger partial charge on any atom is 0.469 e. The van der Waals surface area contributed by atoms with Gasteiger partial charge in [-0.05, 0) is 0 Å². The number of nitrogens with two attached hydrogens (primary N) is 1. The van der Waals surface area contributed by atoms with Gasteiger partial charge in [0.2, 0.25) is 0 Å². The van der Waals surface area contributed by atoms with Gasteiger partial charge < -0.3 is 65.5 Å². The van der Waals surface area contributed by atoms with E-state index in [-0.39, 0.29) is 0 Å². The van der Waals surface area contributed by atoms with E-state index in [2.05, 4.69) is 4.52 Å². The molecule has 2 saturated heterocycles. The molecule has 2 aliphatic heterocycles. The molecular weight excluding hydrogens is 437 g/mol. The lowest BCUT2D eigenvalue weighted by Gasteiger charge is -2.47. The van der Waals surface area contributed by atoms with E-state index in [0.29, 0.717) is 0 Å². The molecule has 0 saturated carbocycles. The standard InChI is InChI=1S/C14H28NO14P/c15-1-4(29-30(23,24)25)12-9(20)10(21)13(6(3-17)26-12)28-14-11(22)8(19)7(18)5(2-16)27-14/h4-14,16-22H,1-3,15H2,(H2,23,24,25)/t4?,5-,6-,7+,8+,9-,10-,11-,12?,13-,14+/m1/s1. The van der Waals surface area contributed by atoms with Crippen molar-refractivity contribution in [3.05, 3.63) is 0 Å². The Hall–Kier alpha value is -0.330. The van der Waals surface area contributed by atoms with Crippen molar-refractivity contribution >= 4 is 7.82 Å². The fraction of sp³-hybridized carbons (Fsp3) is 1.00. The molecule has 11 N–H and O–H groups in total. The van der Waals surface area contributed by atoms with Gasteiger partial charge >= 0.3 is 7.82 Å². The number of phosphoric ester groups is 1. The first kappa shape index (κ1) is 25.9. The molecule has 2 heterocycles. The number of ether oxygens (including phenoxy) is 3. The van der Waals surface area contributed by atoms with Gasteiger partial charge in [-0.25, -0.2) is 4.57 Å². The number of phosphoric acid groups is 1. The van der Waals surface area contributed by atoms with Crippen LogP contribution in [0.1, 0.15) is 0 Å². The summed E-state index contributed by atoms with van der Waals surface area (Å²) >= 11 is 0. The van der Waals surface area contributed by atoms with E-state index in [9.17, 15) is 40.3 Å². The summed E-state index contributed by atoms with van der Waals surface area (Å²) in [7, 11) is -5.03. The van der Waals surface area contributed by atoms with Crippen molar-refractivity contribution in [2.45, 2.75) is 67.3 Å². The van der Waals surface area contributed by atoms with Crippen LogP contribution in [0.3, 0.4) is 0 Å². The third-order valence-electron chi connectivity index (χ3n) is 4.91. The molecule has 0 aliphatic carbocycles. The second kappa shape index (κ2) is 10.5. The molecule has 0 spiro atoms. The summed E-state index contributed by atoms with van der Waals surface area (Å²) in [5.41, 5.74) is 5.40. The average molecular weight is 465 g/mol. The minimum Gasteiger partial charge on any atom is -0.394 e. The lowest BCUT2D eigenvalue weighted by Crippen LogP contribution is -2.66. The number of aliphatic hydroxyl groups excluding tert-OH is 7. The van der Waals surface area contributed by atoms with E-state index in [0.717, 1.165) is 0 Å². The summed E-state index contributed by atoms with van der Waals surface area (Å²) < 4.78 is 31.5. The van der Waals surface area contributed by atoms with Gasteiger partial charge in [0.25, 0.3) is 0 Å². The number of hydrogen-bond donors (Lipinski definition) is 10. The van der Waals surface area contributed by atoms with Crippen LogP contribution in [0.2, 0.25) is 0 Å². The van der Waals surface area contributed by atoms with Crippen molar-refractivity contribution in [2.75, 3.05) is 19.8 Å². The molecular formula is C14H28NO14P. The molecule has 0 aromatic rings. The Bertz CT molecular complexity index is 589. The van der Waals surface area contributed by atoms with E-state index in [4.69, 9.17) is 29.7 Å². The van der Waals surface area contributed by atoms with Gasteiger partial charge in [-0.2, -0.15) is 0 Å². The van der Waals surface area contributed by atoms with Gasteiger partial charge in [-0.1, -0.05) is 0 Å². The van der Waals surface area contributed by atoms with Crippen LogP contribution in [0, 0.1) is 0 Å². The van der Waals surface area contributed by atoms with Crippen LogP contribution in [0.4, 0.5) is 0 Å². The predicted octanol–water partition coefficient (Wildman–Crippen LogP) is -5.91. The second-order valence-electron chi connectivity index (χ2n) is 6.97. The van der Waals surface area contributed by atoms with E-state index in [1.165, 1.54) is 0 Å². The summed E-state index contributed by atoms with van der Waals surface area (Å²) in [6, 6.07) is 0. The van der Waals surface area contributed by atoms with Gasteiger partial charge in [0, 0.05) is 6.54 Å². The summed E-state index contributed by atoms with van der Waals surface area (Å²) in [5, 5.41) is 69.3. The molecule has 30 heavy (non-hydrogen) atoms. The average Bonchev–Trinajstić information content (AvgIpc) is 2.69. The van der Waals surface area contributed by atoms with Crippen LogP contribution >= 0.6 is 7.82 Å². The predicted molar refractivity (Wildman–Crippen MR) is 92.4 cm³/mol. The molecule has 2 fully saturated rings. The van der Waals surface area contributed by atoms with Crippen LogP contribution in [0.25, 0.3) is 0 Å². The van der Waals surface area contributed by atoms with Crippen LogP contribution in [0.5, 0.6) is 0 Å². The Morgan fingerprint density at radius 1 is 0.867 bits per heavy atom. The first-order valence-corrected chi connectivity index (χ1v) is 10.5. The van der Waals surface area contributed by atoms with Crippen LogP contribution < -0.4 is 5.73 Å². The molecule has 2 aliphatic rings. The molecule has 2 unspecified atom stereocenters. The summed E-state index contributed by atoms with van der Waals surface area (Å²) in [6.07, 6.45) is -18.0. The fourth-order valence-corrected chi connectivity index (χ4v) is 3.90. The highest BCUT2D eigenvalue weighted by molar-refractivity contribution is 7.46. The zero-order chi connectivity index (χ0) is 22.8. The van der Waals surface area contributed by atoms with Crippen molar-refractivity contribution in [3.63, 3.8) is 0 Å². The highest BCUT2D eigenvalue weighted by Crippen LogP contribution is 2.40. The molecule has 0 radical (unpaired) electrons. The Morgan fingerprint density at radius 3 is 1.97 bits per heavy atom. The Kier molecular flexibility index (Phi) is 9.10. The van der Waals surface area contributed by atoms with E-state index in [1.807, 2.05) is 0 Å². The largest absolute Gasteiger partial charge is 0.469 e. The van der Waals surface area contributed by atoms with Gasteiger partial charge in [0.15, 0.2) is 6.29 Å². The lowest BCUT2D eigenvalue weighted by atomic mass is 9.92. The number of aliphatic hydroxyl groups is 7. The molecule has 0 aromatic carbocycles. The zero-order valence-electron chi connectivity index (χ0n) is 15.6. The molecule has 16 heteroatoms. The van der Waals surface area contributed by atoms with Gasteiger partial charge in [-0.3, -0.25) is 4.52 Å². The first-order chi connectivity index (χ1) is 13.9. The molecule has 11 atom stereocenters. The monoisotopic (exact) mass is 465 g/mol. The maximum absolute atomic E-state index is 11.1. The third kappa shape index (κ3) is 5.72. The Labute approximate surface area is 170 Å². The number of hydrogen-bond acceptors (Lipinski definition) is 13. The lowest BCUT2D eigenvalue weighted by molar-refractivity contribution is -0.344. The van der Waals surface area contributed by atoms with Crippen LogP contribution in [0.15, 0.2) is 0 Å². The van der Waals surface area contributed by atoms with Crippen molar-refractivity contribution in [2.24, 2.45) is 5.73 Å². The molecule has 0 bridgehead atoms. The van der Waals surface area contributed by atoms with Crippen LogP contribution in [-0.2, 0) is 23.3 Å². The molecule has 0 aromatic heterocycles.